The van der Waals surface area contributed by atoms with Crippen molar-refractivity contribution in [3.05, 3.63) is 105 Å². The van der Waals surface area contributed by atoms with Gasteiger partial charge in [0.15, 0.2) is 0 Å². The number of H-pyrrole nitrogens is 1. The van der Waals surface area contributed by atoms with Crippen molar-refractivity contribution in [3.63, 3.8) is 0 Å². The van der Waals surface area contributed by atoms with Crippen LogP contribution in [-0.4, -0.2) is 10.1 Å². The summed E-state index contributed by atoms with van der Waals surface area (Å²) < 4.78 is 19.7. The number of aromatic amines is 1. The van der Waals surface area contributed by atoms with Crippen molar-refractivity contribution in [1.29, 1.82) is 0 Å². The lowest BCUT2D eigenvalue weighted by Gasteiger charge is -2.13. The Morgan fingerprint density at radius 2 is 1.76 bits per heavy atom. The van der Waals surface area contributed by atoms with E-state index in [9.17, 15) is 14.3 Å². The third-order valence-corrected chi connectivity index (χ3v) is 5.23. The molecule has 0 aliphatic heterocycles. The average molecular weight is 405 g/mol. The number of aromatic hydroxyl groups is 1. The Morgan fingerprint density at radius 3 is 2.45 bits per heavy atom. The van der Waals surface area contributed by atoms with Gasteiger partial charge in [0.1, 0.15) is 17.3 Å². The Hall–Kier alpha value is -3.64. The fraction of sp³-hybridized carbons (Fsp3) is 0. The van der Waals surface area contributed by atoms with Gasteiger partial charge in [-0.15, -0.1) is 0 Å². The van der Waals surface area contributed by atoms with Crippen molar-refractivity contribution >= 4 is 16.9 Å². The Balaban J connectivity index is 1.82. The van der Waals surface area contributed by atoms with Crippen LogP contribution in [0.4, 0.5) is 4.39 Å². The summed E-state index contributed by atoms with van der Waals surface area (Å²) in [6.07, 6.45) is 0. The first kappa shape index (κ1) is 18.7. The molecule has 4 aromatic rings. The molecule has 6 heteroatoms. The molecule has 4 rings (SSSR count). The molecule has 0 amide bonds. The number of benzene rings is 3. The van der Waals surface area contributed by atoms with Gasteiger partial charge in [-0.05, 0) is 64.7 Å². The molecule has 0 aliphatic carbocycles. The number of nitrogens with one attached hydrogen (secondary N) is 1. The maximum absolute atomic E-state index is 13.8. The Bertz CT molecular complexity index is 1240. The molecule has 0 spiro atoms. The minimum absolute atomic E-state index is 0.230. The summed E-state index contributed by atoms with van der Waals surface area (Å²) in [7, 11) is 0. The zero-order valence-electron chi connectivity index (χ0n) is 15.2. The molecular formula is C23H16FNO3S. The lowest BCUT2D eigenvalue weighted by Crippen LogP contribution is -1.91. The monoisotopic (exact) mass is 405 g/mol. The van der Waals surface area contributed by atoms with Gasteiger partial charge < -0.3 is 9.84 Å². The van der Waals surface area contributed by atoms with E-state index in [1.54, 1.807) is 24.3 Å². The molecule has 29 heavy (non-hydrogen) atoms. The topological polar surface area (TPSA) is 62.3 Å². The fourth-order valence-electron chi connectivity index (χ4n) is 2.95. The number of ether oxygens (including phenoxy) is 1. The molecule has 4 nitrogen and oxygen atoms in total. The number of rotatable bonds is 5. The predicted molar refractivity (Wildman–Crippen MR) is 113 cm³/mol. The Morgan fingerprint density at radius 1 is 0.966 bits per heavy atom. The van der Waals surface area contributed by atoms with E-state index in [-0.39, 0.29) is 16.6 Å². The summed E-state index contributed by atoms with van der Waals surface area (Å²) in [5, 5.41) is 10.0. The zero-order chi connectivity index (χ0) is 20.4. The zero-order valence-corrected chi connectivity index (χ0v) is 16.0. The molecule has 0 aliphatic rings. The second-order valence-electron chi connectivity index (χ2n) is 6.34. The number of hydrogen-bond donors (Lipinski definition) is 2. The minimum atomic E-state index is -0.374. The molecule has 0 saturated carbocycles. The Kier molecular flexibility index (Phi) is 5.01. The predicted octanol–water partition coefficient (Wildman–Crippen LogP) is 5.80. The van der Waals surface area contributed by atoms with E-state index in [1.807, 2.05) is 36.4 Å². The van der Waals surface area contributed by atoms with E-state index in [0.29, 0.717) is 33.1 Å². The van der Waals surface area contributed by atoms with E-state index in [0.717, 1.165) is 16.9 Å². The fourth-order valence-corrected chi connectivity index (χ4v) is 3.67. The number of halogens is 1. The van der Waals surface area contributed by atoms with E-state index in [2.05, 4.69) is 11.6 Å². The van der Waals surface area contributed by atoms with Gasteiger partial charge in [-0.2, -0.15) is 0 Å². The van der Waals surface area contributed by atoms with Gasteiger partial charge in [0.05, 0.1) is 4.88 Å². The molecule has 0 bridgehead atoms. The van der Waals surface area contributed by atoms with Gasteiger partial charge in [0.25, 0.3) is 0 Å². The first-order chi connectivity index (χ1) is 14.0. The number of thiazole rings is 1. The summed E-state index contributed by atoms with van der Waals surface area (Å²) >= 11 is 0.870. The SMILES string of the molecule is C=C(c1cc(Oc2ccccc2)cc(-c2cccc(F)c2)c1)c1sc(=O)[nH]c1O. The van der Waals surface area contributed by atoms with Crippen LogP contribution in [0.25, 0.3) is 16.7 Å². The van der Waals surface area contributed by atoms with Crippen LogP contribution in [0.2, 0.25) is 0 Å². The van der Waals surface area contributed by atoms with Crippen LogP contribution in [0.3, 0.4) is 0 Å². The smallest absolute Gasteiger partial charge is 0.307 e. The van der Waals surface area contributed by atoms with Crippen LogP contribution in [0.5, 0.6) is 17.4 Å². The molecule has 3 aromatic carbocycles. The quantitative estimate of drug-likeness (QED) is 0.441. The van der Waals surface area contributed by atoms with E-state index >= 15 is 0 Å². The molecule has 0 saturated heterocycles. The second-order valence-corrected chi connectivity index (χ2v) is 7.33. The van der Waals surface area contributed by atoms with Crippen molar-refractivity contribution in [2.75, 3.05) is 0 Å². The highest BCUT2D eigenvalue weighted by molar-refractivity contribution is 7.10. The van der Waals surface area contributed by atoms with Crippen molar-refractivity contribution in [2.45, 2.75) is 0 Å². The normalized spacial score (nSPS) is 10.7. The maximum Gasteiger partial charge on any atom is 0.307 e. The first-order valence-electron chi connectivity index (χ1n) is 8.75. The van der Waals surface area contributed by atoms with Gasteiger partial charge in [0.2, 0.25) is 5.88 Å². The van der Waals surface area contributed by atoms with Crippen LogP contribution in [-0.2, 0) is 0 Å². The molecule has 1 heterocycles. The van der Waals surface area contributed by atoms with Crippen molar-refractivity contribution in [2.24, 2.45) is 0 Å². The summed E-state index contributed by atoms with van der Waals surface area (Å²) in [6, 6.07) is 20.9. The molecule has 144 valence electrons. The Labute approximate surface area is 170 Å². The van der Waals surface area contributed by atoms with Crippen molar-refractivity contribution in [3.8, 4) is 28.5 Å². The van der Waals surface area contributed by atoms with Crippen LogP contribution < -0.4 is 9.61 Å². The largest absolute Gasteiger partial charge is 0.493 e. The highest BCUT2D eigenvalue weighted by Crippen LogP contribution is 2.36. The number of aromatic nitrogens is 1. The van der Waals surface area contributed by atoms with Gasteiger partial charge in [-0.25, -0.2) is 4.39 Å². The van der Waals surface area contributed by atoms with Gasteiger partial charge >= 0.3 is 4.87 Å². The van der Waals surface area contributed by atoms with E-state index in [4.69, 9.17) is 4.74 Å². The highest BCUT2D eigenvalue weighted by Gasteiger charge is 2.15. The third kappa shape index (κ3) is 4.12. The van der Waals surface area contributed by atoms with E-state index in [1.165, 1.54) is 12.1 Å². The standard InChI is InChI=1S/C23H16FNO3S/c1-14(21-22(26)25-23(27)29-21)16-10-17(15-6-5-7-18(24)11-15)13-20(12-16)28-19-8-3-2-4-9-19/h2-13,26H,1H2,(H,25,27). The first-order valence-corrected chi connectivity index (χ1v) is 9.57. The van der Waals surface area contributed by atoms with Crippen LogP contribution in [0.1, 0.15) is 10.4 Å². The summed E-state index contributed by atoms with van der Waals surface area (Å²) in [6.45, 7) is 4.03. The van der Waals surface area contributed by atoms with Gasteiger partial charge in [0, 0.05) is 0 Å². The number of hydrogen-bond acceptors (Lipinski definition) is 4. The molecule has 0 atom stereocenters. The van der Waals surface area contributed by atoms with Crippen molar-refractivity contribution in [1.82, 2.24) is 4.98 Å². The average Bonchev–Trinajstić information content (AvgIpc) is 3.06. The summed E-state index contributed by atoms with van der Waals surface area (Å²) in [5.74, 6) is 0.594. The highest BCUT2D eigenvalue weighted by atomic mass is 32.1. The number of para-hydroxylation sites is 1. The van der Waals surface area contributed by atoms with Crippen LogP contribution >= 0.6 is 11.3 Å². The summed E-state index contributed by atoms with van der Waals surface area (Å²) in [5.41, 5.74) is 2.49. The molecule has 1 aromatic heterocycles. The third-order valence-electron chi connectivity index (χ3n) is 4.30. The van der Waals surface area contributed by atoms with Crippen LogP contribution in [0.15, 0.2) is 84.2 Å². The van der Waals surface area contributed by atoms with Gasteiger partial charge in [-0.1, -0.05) is 48.2 Å². The summed E-state index contributed by atoms with van der Waals surface area (Å²) in [4.78, 5) is 13.9. The van der Waals surface area contributed by atoms with E-state index < -0.39 is 0 Å². The molecular weight excluding hydrogens is 389 g/mol. The molecule has 0 fully saturated rings. The van der Waals surface area contributed by atoms with Crippen molar-refractivity contribution < 1.29 is 14.2 Å². The van der Waals surface area contributed by atoms with Gasteiger partial charge in [-0.3, -0.25) is 9.78 Å². The molecule has 2 N–H and O–H groups in total. The molecule has 0 radical (unpaired) electrons. The minimum Gasteiger partial charge on any atom is -0.493 e. The lowest BCUT2D eigenvalue weighted by molar-refractivity contribution is 0.454. The molecule has 0 unspecified atom stereocenters. The van der Waals surface area contributed by atoms with Crippen LogP contribution in [0, 0.1) is 5.82 Å². The lowest BCUT2D eigenvalue weighted by atomic mass is 9.98. The second kappa shape index (κ2) is 7.77. The maximum atomic E-state index is 13.8.